The van der Waals surface area contributed by atoms with Gasteiger partial charge in [-0.2, -0.15) is 0 Å². The molecular weight excluding hydrogens is 284 g/mol. The fourth-order valence-corrected chi connectivity index (χ4v) is 3.51. The van der Waals surface area contributed by atoms with Crippen LogP contribution < -0.4 is 9.47 Å². The minimum absolute atomic E-state index is 0.841. The first-order valence-electron chi connectivity index (χ1n) is 7.75. The van der Waals surface area contributed by atoms with E-state index in [4.69, 9.17) is 9.47 Å². The zero-order valence-corrected chi connectivity index (χ0v) is 13.3. The topological polar surface area (TPSA) is 18.5 Å². The second-order valence-corrected chi connectivity index (χ2v) is 5.70. The third kappa shape index (κ3) is 2.10. The summed E-state index contributed by atoms with van der Waals surface area (Å²) in [6.45, 7) is 0. The van der Waals surface area contributed by atoms with E-state index in [0.717, 1.165) is 23.5 Å². The van der Waals surface area contributed by atoms with Crippen LogP contribution in [0.25, 0.3) is 22.3 Å². The molecule has 1 aliphatic rings. The quantitative estimate of drug-likeness (QED) is 0.533. The van der Waals surface area contributed by atoms with Crippen LogP contribution in [0.15, 0.2) is 60.7 Å². The van der Waals surface area contributed by atoms with Crippen LogP contribution >= 0.6 is 0 Å². The molecule has 0 amide bonds. The van der Waals surface area contributed by atoms with Gasteiger partial charge in [-0.3, -0.25) is 0 Å². The predicted octanol–water partition coefficient (Wildman–Crippen LogP) is 4.94. The molecular formula is C21H18O2. The third-order valence-corrected chi connectivity index (χ3v) is 4.55. The van der Waals surface area contributed by atoms with Gasteiger partial charge < -0.3 is 9.47 Å². The third-order valence-electron chi connectivity index (χ3n) is 4.55. The standard InChI is InChI=1S/C21H18O2/c1-22-19-11-6-12-20(23-2)21(19)17-10-5-9-16-15-8-4-3-7-14(15)13-18(16)17/h3-12H,13H2,1-2H3. The van der Waals surface area contributed by atoms with Gasteiger partial charge in [-0.1, -0.05) is 48.5 Å². The Kier molecular flexibility index (Phi) is 3.30. The maximum absolute atomic E-state index is 5.60. The summed E-state index contributed by atoms with van der Waals surface area (Å²) < 4.78 is 11.2. The summed E-state index contributed by atoms with van der Waals surface area (Å²) in [5, 5.41) is 0. The normalized spacial score (nSPS) is 11.7. The molecule has 2 heteroatoms. The molecule has 0 aliphatic heterocycles. The molecule has 3 aromatic rings. The van der Waals surface area contributed by atoms with Crippen molar-refractivity contribution in [1.82, 2.24) is 0 Å². The number of rotatable bonds is 3. The molecule has 0 radical (unpaired) electrons. The molecule has 0 unspecified atom stereocenters. The van der Waals surface area contributed by atoms with Crippen LogP contribution in [0.1, 0.15) is 11.1 Å². The highest BCUT2D eigenvalue weighted by atomic mass is 16.5. The maximum atomic E-state index is 5.60. The van der Waals surface area contributed by atoms with Crippen LogP contribution in [0.5, 0.6) is 11.5 Å². The van der Waals surface area contributed by atoms with E-state index in [1.165, 1.54) is 27.8 Å². The number of hydrogen-bond acceptors (Lipinski definition) is 2. The van der Waals surface area contributed by atoms with Crippen LogP contribution in [-0.2, 0) is 6.42 Å². The Labute approximate surface area is 136 Å². The Morgan fingerprint density at radius 1 is 0.652 bits per heavy atom. The van der Waals surface area contributed by atoms with E-state index < -0.39 is 0 Å². The lowest BCUT2D eigenvalue weighted by Crippen LogP contribution is -1.95. The van der Waals surface area contributed by atoms with Crippen molar-refractivity contribution in [2.75, 3.05) is 14.2 Å². The minimum atomic E-state index is 0.841. The lowest BCUT2D eigenvalue weighted by molar-refractivity contribution is 0.397. The Morgan fingerprint density at radius 3 is 2.00 bits per heavy atom. The van der Waals surface area contributed by atoms with E-state index in [2.05, 4.69) is 42.5 Å². The van der Waals surface area contributed by atoms with Crippen LogP contribution in [0, 0.1) is 0 Å². The monoisotopic (exact) mass is 302 g/mol. The van der Waals surface area contributed by atoms with Crippen LogP contribution in [-0.4, -0.2) is 14.2 Å². The molecule has 0 N–H and O–H groups in total. The zero-order valence-electron chi connectivity index (χ0n) is 13.3. The molecule has 0 saturated carbocycles. The van der Waals surface area contributed by atoms with Crippen molar-refractivity contribution in [3.63, 3.8) is 0 Å². The first kappa shape index (κ1) is 13.9. The van der Waals surface area contributed by atoms with Gasteiger partial charge in [0.25, 0.3) is 0 Å². The summed E-state index contributed by atoms with van der Waals surface area (Å²) in [6.07, 6.45) is 0.947. The van der Waals surface area contributed by atoms with Crippen LogP contribution in [0.4, 0.5) is 0 Å². The van der Waals surface area contributed by atoms with E-state index in [9.17, 15) is 0 Å². The van der Waals surface area contributed by atoms with Crippen molar-refractivity contribution < 1.29 is 9.47 Å². The Balaban J connectivity index is 1.97. The summed E-state index contributed by atoms with van der Waals surface area (Å²) >= 11 is 0. The van der Waals surface area contributed by atoms with Crippen molar-refractivity contribution in [3.8, 4) is 33.8 Å². The van der Waals surface area contributed by atoms with Gasteiger partial charge in [0, 0.05) is 0 Å². The first-order valence-corrected chi connectivity index (χ1v) is 7.75. The second kappa shape index (κ2) is 5.47. The molecule has 0 spiro atoms. The van der Waals surface area contributed by atoms with Crippen molar-refractivity contribution in [2.24, 2.45) is 0 Å². The first-order chi connectivity index (χ1) is 11.3. The molecule has 0 atom stereocenters. The Bertz CT molecular complexity index is 859. The molecule has 2 nitrogen and oxygen atoms in total. The molecule has 114 valence electrons. The molecule has 1 aliphatic carbocycles. The van der Waals surface area contributed by atoms with Crippen LogP contribution in [0.2, 0.25) is 0 Å². The molecule has 0 saturated heterocycles. The maximum Gasteiger partial charge on any atom is 0.130 e. The fourth-order valence-electron chi connectivity index (χ4n) is 3.51. The fraction of sp³-hybridized carbons (Fsp3) is 0.143. The average molecular weight is 302 g/mol. The van der Waals surface area contributed by atoms with E-state index in [1.807, 2.05) is 18.2 Å². The molecule has 3 aromatic carbocycles. The molecule has 0 heterocycles. The highest BCUT2D eigenvalue weighted by Gasteiger charge is 2.23. The zero-order chi connectivity index (χ0) is 15.8. The lowest BCUT2D eigenvalue weighted by atomic mass is 9.94. The van der Waals surface area contributed by atoms with Gasteiger partial charge in [-0.25, -0.2) is 0 Å². The number of hydrogen-bond donors (Lipinski definition) is 0. The molecule has 23 heavy (non-hydrogen) atoms. The van der Waals surface area contributed by atoms with E-state index in [-0.39, 0.29) is 0 Å². The molecule has 0 fully saturated rings. The SMILES string of the molecule is COc1cccc(OC)c1-c1cccc2c1Cc1ccccc1-2. The molecule has 4 rings (SSSR count). The summed E-state index contributed by atoms with van der Waals surface area (Å²) in [6, 6.07) is 21.0. The summed E-state index contributed by atoms with van der Waals surface area (Å²) in [4.78, 5) is 0. The van der Waals surface area contributed by atoms with Gasteiger partial charge in [0.15, 0.2) is 0 Å². The van der Waals surface area contributed by atoms with Gasteiger partial charge >= 0.3 is 0 Å². The van der Waals surface area contributed by atoms with Crippen molar-refractivity contribution >= 4 is 0 Å². The van der Waals surface area contributed by atoms with E-state index in [0.29, 0.717) is 0 Å². The summed E-state index contributed by atoms with van der Waals surface area (Å²) in [7, 11) is 3.41. The average Bonchev–Trinajstić information content (AvgIpc) is 2.99. The Morgan fingerprint density at radius 2 is 1.26 bits per heavy atom. The van der Waals surface area contributed by atoms with Crippen LogP contribution in [0.3, 0.4) is 0 Å². The predicted molar refractivity (Wildman–Crippen MR) is 93.2 cm³/mol. The van der Waals surface area contributed by atoms with Crippen molar-refractivity contribution in [2.45, 2.75) is 6.42 Å². The highest BCUT2D eigenvalue weighted by Crippen LogP contribution is 2.46. The molecule has 0 aromatic heterocycles. The minimum Gasteiger partial charge on any atom is -0.496 e. The number of methoxy groups -OCH3 is 2. The highest BCUT2D eigenvalue weighted by molar-refractivity contribution is 5.88. The smallest absolute Gasteiger partial charge is 0.130 e. The summed E-state index contributed by atoms with van der Waals surface area (Å²) in [5.74, 6) is 1.68. The van der Waals surface area contributed by atoms with Gasteiger partial charge in [0.1, 0.15) is 11.5 Å². The Hall–Kier alpha value is -2.74. The van der Waals surface area contributed by atoms with Gasteiger partial charge in [-0.15, -0.1) is 0 Å². The van der Waals surface area contributed by atoms with Gasteiger partial charge in [0.2, 0.25) is 0 Å². The van der Waals surface area contributed by atoms with Crippen molar-refractivity contribution in [3.05, 3.63) is 71.8 Å². The summed E-state index contributed by atoms with van der Waals surface area (Å²) in [5.41, 5.74) is 7.58. The van der Waals surface area contributed by atoms with Gasteiger partial charge in [0.05, 0.1) is 19.8 Å². The number of fused-ring (bicyclic) bond motifs is 3. The number of ether oxygens (including phenoxy) is 2. The van der Waals surface area contributed by atoms with E-state index >= 15 is 0 Å². The number of benzene rings is 3. The van der Waals surface area contributed by atoms with Crippen molar-refractivity contribution in [1.29, 1.82) is 0 Å². The van der Waals surface area contributed by atoms with E-state index in [1.54, 1.807) is 14.2 Å². The van der Waals surface area contributed by atoms with Gasteiger partial charge in [-0.05, 0) is 46.4 Å². The largest absolute Gasteiger partial charge is 0.496 e. The molecule has 0 bridgehead atoms. The lowest BCUT2D eigenvalue weighted by Gasteiger charge is -2.16. The second-order valence-electron chi connectivity index (χ2n) is 5.70.